The second kappa shape index (κ2) is 9.45. The van der Waals surface area contributed by atoms with Crippen molar-refractivity contribution in [1.29, 1.82) is 0 Å². The number of aryl methyl sites for hydroxylation is 1. The minimum Gasteiger partial charge on any atom is -0.496 e. The minimum absolute atomic E-state index is 0.0528. The Balaban J connectivity index is 1.62. The first kappa shape index (κ1) is 21.4. The molecule has 3 rings (SSSR count). The summed E-state index contributed by atoms with van der Waals surface area (Å²) in [6.45, 7) is 2.10. The van der Waals surface area contributed by atoms with Gasteiger partial charge in [-0.15, -0.1) is 0 Å². The summed E-state index contributed by atoms with van der Waals surface area (Å²) < 4.78 is 16.2. The molecule has 0 bridgehead atoms. The highest BCUT2D eigenvalue weighted by molar-refractivity contribution is 5.81. The molecule has 0 aliphatic carbocycles. The summed E-state index contributed by atoms with van der Waals surface area (Å²) in [6, 6.07) is 14.3. The van der Waals surface area contributed by atoms with Crippen molar-refractivity contribution >= 4 is 16.9 Å². The van der Waals surface area contributed by atoms with Gasteiger partial charge in [0.05, 0.1) is 13.2 Å². The van der Waals surface area contributed by atoms with Gasteiger partial charge in [-0.3, -0.25) is 4.79 Å². The lowest BCUT2D eigenvalue weighted by atomic mass is 10.0. The number of rotatable bonds is 8. The number of nitrogens with zero attached hydrogens (tertiary/aromatic N) is 1. The van der Waals surface area contributed by atoms with Crippen molar-refractivity contribution in [2.45, 2.75) is 13.0 Å². The molecule has 7 heteroatoms. The molecule has 0 spiro atoms. The SMILES string of the molecule is COc1ccccc1C(CNC(=O)COc1ccc2c(C)cc(=O)oc2c1)N(C)C. The molecule has 7 nitrogen and oxygen atoms in total. The third kappa shape index (κ3) is 4.99. The van der Waals surface area contributed by atoms with Gasteiger partial charge in [0.1, 0.15) is 17.1 Å². The monoisotopic (exact) mass is 410 g/mol. The highest BCUT2D eigenvalue weighted by Gasteiger charge is 2.19. The van der Waals surface area contributed by atoms with E-state index in [2.05, 4.69) is 5.32 Å². The Kier molecular flexibility index (Phi) is 6.74. The number of benzene rings is 2. The zero-order valence-corrected chi connectivity index (χ0v) is 17.6. The van der Waals surface area contributed by atoms with Crippen LogP contribution in [-0.4, -0.2) is 45.2 Å². The normalized spacial score (nSPS) is 12.0. The average Bonchev–Trinajstić information content (AvgIpc) is 2.72. The summed E-state index contributed by atoms with van der Waals surface area (Å²) in [5.41, 5.74) is 1.84. The molecule has 0 aliphatic rings. The number of amides is 1. The molecule has 0 radical (unpaired) electrons. The van der Waals surface area contributed by atoms with Crippen LogP contribution in [0.5, 0.6) is 11.5 Å². The van der Waals surface area contributed by atoms with Crippen LogP contribution in [0, 0.1) is 6.92 Å². The lowest BCUT2D eigenvalue weighted by molar-refractivity contribution is -0.123. The standard InChI is InChI=1S/C23H26N2O5/c1-15-11-23(27)30-21-12-16(9-10-17(15)21)29-14-22(26)24-13-19(25(2)3)18-7-5-6-8-20(18)28-4/h5-12,19H,13-14H2,1-4H3,(H,24,26). The summed E-state index contributed by atoms with van der Waals surface area (Å²) >= 11 is 0. The van der Waals surface area contributed by atoms with Crippen molar-refractivity contribution in [3.8, 4) is 11.5 Å². The van der Waals surface area contributed by atoms with Gasteiger partial charge in [0.2, 0.25) is 0 Å². The Hall–Kier alpha value is -3.32. The fourth-order valence-corrected chi connectivity index (χ4v) is 3.32. The molecule has 1 N–H and O–H groups in total. The number of methoxy groups -OCH3 is 1. The molecular weight excluding hydrogens is 384 g/mol. The third-order valence-electron chi connectivity index (χ3n) is 4.91. The molecule has 0 aliphatic heterocycles. The first-order valence-corrected chi connectivity index (χ1v) is 9.62. The predicted molar refractivity (Wildman–Crippen MR) is 115 cm³/mol. The fraction of sp³-hybridized carbons (Fsp3) is 0.304. The molecule has 2 aromatic carbocycles. The van der Waals surface area contributed by atoms with Crippen LogP contribution in [0.2, 0.25) is 0 Å². The average molecular weight is 410 g/mol. The van der Waals surface area contributed by atoms with Crippen molar-refractivity contribution in [3.05, 3.63) is 70.1 Å². The van der Waals surface area contributed by atoms with E-state index in [4.69, 9.17) is 13.9 Å². The highest BCUT2D eigenvalue weighted by Crippen LogP contribution is 2.27. The number of carbonyl (C=O) groups is 1. The molecule has 30 heavy (non-hydrogen) atoms. The van der Waals surface area contributed by atoms with Gasteiger partial charge in [-0.2, -0.15) is 0 Å². The first-order chi connectivity index (χ1) is 14.4. The van der Waals surface area contributed by atoms with Gasteiger partial charge >= 0.3 is 5.63 Å². The summed E-state index contributed by atoms with van der Waals surface area (Å²) in [6.07, 6.45) is 0. The minimum atomic E-state index is -0.416. The second-order valence-electron chi connectivity index (χ2n) is 7.22. The van der Waals surface area contributed by atoms with Gasteiger partial charge in [-0.1, -0.05) is 18.2 Å². The molecule has 1 unspecified atom stereocenters. The van der Waals surface area contributed by atoms with Crippen LogP contribution in [0.25, 0.3) is 11.0 Å². The summed E-state index contributed by atoms with van der Waals surface area (Å²) in [4.78, 5) is 25.9. The smallest absolute Gasteiger partial charge is 0.336 e. The van der Waals surface area contributed by atoms with Gasteiger partial charge in [0.15, 0.2) is 6.61 Å². The van der Waals surface area contributed by atoms with Gasteiger partial charge in [-0.25, -0.2) is 4.79 Å². The van der Waals surface area contributed by atoms with Crippen LogP contribution in [0.4, 0.5) is 0 Å². The van der Waals surface area contributed by atoms with Gasteiger partial charge in [0.25, 0.3) is 5.91 Å². The highest BCUT2D eigenvalue weighted by atomic mass is 16.5. The molecule has 1 aromatic heterocycles. The van der Waals surface area contributed by atoms with E-state index >= 15 is 0 Å². The Morgan fingerprint density at radius 1 is 1.17 bits per heavy atom. The Labute approximate surface area is 175 Å². The Morgan fingerprint density at radius 2 is 1.93 bits per heavy atom. The maximum atomic E-state index is 12.3. The lowest BCUT2D eigenvalue weighted by Gasteiger charge is -2.26. The van der Waals surface area contributed by atoms with Crippen LogP contribution < -0.4 is 20.4 Å². The molecule has 1 atom stereocenters. The number of likely N-dealkylation sites (N-methyl/N-ethyl adjacent to an activating group) is 1. The van der Waals surface area contributed by atoms with E-state index in [-0.39, 0.29) is 18.6 Å². The van der Waals surface area contributed by atoms with Gasteiger partial charge < -0.3 is 24.1 Å². The van der Waals surface area contributed by atoms with E-state index in [1.54, 1.807) is 19.2 Å². The van der Waals surface area contributed by atoms with Crippen LogP contribution in [0.3, 0.4) is 0 Å². The molecule has 3 aromatic rings. The zero-order chi connectivity index (χ0) is 21.7. The van der Waals surface area contributed by atoms with E-state index in [0.717, 1.165) is 22.3 Å². The molecule has 0 fully saturated rings. The number of nitrogens with one attached hydrogen (secondary N) is 1. The van der Waals surface area contributed by atoms with E-state index in [1.807, 2.05) is 56.3 Å². The maximum absolute atomic E-state index is 12.3. The van der Waals surface area contributed by atoms with Crippen LogP contribution >= 0.6 is 0 Å². The summed E-state index contributed by atoms with van der Waals surface area (Å²) in [5.74, 6) is 0.984. The van der Waals surface area contributed by atoms with Crippen molar-refractivity contribution in [3.63, 3.8) is 0 Å². The third-order valence-corrected chi connectivity index (χ3v) is 4.91. The number of ether oxygens (including phenoxy) is 2. The molecule has 158 valence electrons. The largest absolute Gasteiger partial charge is 0.496 e. The van der Waals surface area contributed by atoms with Gasteiger partial charge in [0, 0.05) is 29.6 Å². The fourth-order valence-electron chi connectivity index (χ4n) is 3.32. The predicted octanol–water partition coefficient (Wildman–Crippen LogP) is 2.91. The maximum Gasteiger partial charge on any atom is 0.336 e. The summed E-state index contributed by atoms with van der Waals surface area (Å²) in [7, 11) is 5.53. The van der Waals surface area contributed by atoms with E-state index < -0.39 is 5.63 Å². The topological polar surface area (TPSA) is 81.0 Å². The van der Waals surface area contributed by atoms with Crippen LogP contribution in [0.15, 0.2) is 57.7 Å². The van der Waals surface area contributed by atoms with Crippen molar-refractivity contribution in [1.82, 2.24) is 10.2 Å². The van der Waals surface area contributed by atoms with Crippen LogP contribution in [0.1, 0.15) is 17.2 Å². The Bertz CT molecular complexity index is 1090. The van der Waals surface area contributed by atoms with Crippen molar-refractivity contribution in [2.24, 2.45) is 0 Å². The lowest BCUT2D eigenvalue weighted by Crippen LogP contribution is -2.37. The molecule has 0 saturated heterocycles. The number of fused-ring (bicyclic) bond motifs is 1. The van der Waals surface area contributed by atoms with E-state index in [0.29, 0.717) is 17.9 Å². The Morgan fingerprint density at radius 3 is 2.67 bits per heavy atom. The molecule has 0 saturated carbocycles. The number of hydrogen-bond donors (Lipinski definition) is 1. The second-order valence-corrected chi connectivity index (χ2v) is 7.22. The van der Waals surface area contributed by atoms with Crippen molar-refractivity contribution in [2.75, 3.05) is 34.4 Å². The quantitative estimate of drug-likeness (QED) is 0.575. The number of para-hydroxylation sites is 1. The summed E-state index contributed by atoms with van der Waals surface area (Å²) in [5, 5.41) is 3.74. The zero-order valence-electron chi connectivity index (χ0n) is 17.6. The van der Waals surface area contributed by atoms with Crippen LogP contribution in [-0.2, 0) is 4.79 Å². The molecule has 1 amide bonds. The first-order valence-electron chi connectivity index (χ1n) is 9.62. The number of carbonyl (C=O) groups excluding carboxylic acids is 1. The van der Waals surface area contributed by atoms with Crippen molar-refractivity contribution < 1.29 is 18.7 Å². The number of hydrogen-bond acceptors (Lipinski definition) is 6. The molecular formula is C23H26N2O5. The van der Waals surface area contributed by atoms with E-state index in [9.17, 15) is 9.59 Å². The molecule has 1 heterocycles. The van der Waals surface area contributed by atoms with Gasteiger partial charge in [-0.05, 0) is 44.8 Å². The van der Waals surface area contributed by atoms with E-state index in [1.165, 1.54) is 6.07 Å².